The second-order valence-corrected chi connectivity index (χ2v) is 5.21. The van der Waals surface area contributed by atoms with Crippen molar-refractivity contribution >= 4 is 28.3 Å². The number of nitrogens with one attached hydrogen (secondary N) is 1. The number of ether oxygens (including phenoxy) is 1. The van der Waals surface area contributed by atoms with Gasteiger partial charge in [0.15, 0.2) is 10.7 Å². The van der Waals surface area contributed by atoms with E-state index in [4.69, 9.17) is 4.74 Å². The fraction of sp³-hybridized carbons (Fsp3) is 0.545. The van der Waals surface area contributed by atoms with Crippen LogP contribution in [-0.4, -0.2) is 47.0 Å². The predicted molar refractivity (Wildman–Crippen MR) is 67.4 cm³/mol. The Kier molecular flexibility index (Phi) is 3.63. The number of thiazole rings is 1. The molecule has 0 spiro atoms. The standard InChI is InChI=1S/C11H15N3O3S/c1-8(15)14-4-5-17-11(2,7-14)9(16)13-10-12-3-6-18-10/h3,6H,4-5,7H2,1-2H3,(H,12,13,16)/t11-/m0/s1. The van der Waals surface area contributed by atoms with E-state index in [1.165, 1.54) is 18.3 Å². The Bertz CT molecular complexity index is 448. The lowest BCUT2D eigenvalue weighted by Crippen LogP contribution is -2.57. The van der Waals surface area contributed by atoms with Crippen LogP contribution >= 0.6 is 11.3 Å². The van der Waals surface area contributed by atoms with E-state index in [1.54, 1.807) is 23.4 Å². The average molecular weight is 269 g/mol. The van der Waals surface area contributed by atoms with Crippen molar-refractivity contribution in [3.05, 3.63) is 11.6 Å². The largest absolute Gasteiger partial charge is 0.362 e. The van der Waals surface area contributed by atoms with Crippen LogP contribution in [0, 0.1) is 0 Å². The zero-order valence-corrected chi connectivity index (χ0v) is 11.1. The molecule has 1 aliphatic rings. The van der Waals surface area contributed by atoms with Crippen molar-refractivity contribution in [2.75, 3.05) is 25.0 Å². The summed E-state index contributed by atoms with van der Waals surface area (Å²) in [5.41, 5.74) is -1.02. The van der Waals surface area contributed by atoms with Gasteiger partial charge in [-0.1, -0.05) is 0 Å². The molecule has 1 fully saturated rings. The Morgan fingerprint density at radius 1 is 1.61 bits per heavy atom. The zero-order valence-electron chi connectivity index (χ0n) is 10.3. The highest BCUT2D eigenvalue weighted by Gasteiger charge is 2.40. The van der Waals surface area contributed by atoms with Crippen LogP contribution in [0.1, 0.15) is 13.8 Å². The number of aromatic nitrogens is 1. The van der Waals surface area contributed by atoms with Gasteiger partial charge >= 0.3 is 0 Å². The third-order valence-electron chi connectivity index (χ3n) is 2.85. The molecule has 0 aromatic carbocycles. The molecule has 18 heavy (non-hydrogen) atoms. The highest BCUT2D eigenvalue weighted by Crippen LogP contribution is 2.21. The minimum atomic E-state index is -1.02. The monoisotopic (exact) mass is 269 g/mol. The van der Waals surface area contributed by atoms with Gasteiger partial charge in [-0.3, -0.25) is 14.9 Å². The minimum Gasteiger partial charge on any atom is -0.362 e. The molecule has 1 aromatic heterocycles. The number of morpholine rings is 1. The highest BCUT2D eigenvalue weighted by molar-refractivity contribution is 7.13. The van der Waals surface area contributed by atoms with E-state index in [2.05, 4.69) is 10.3 Å². The summed E-state index contributed by atoms with van der Waals surface area (Å²) < 4.78 is 5.53. The molecular formula is C11H15N3O3S. The van der Waals surface area contributed by atoms with Gasteiger partial charge in [-0.2, -0.15) is 0 Å². The lowest BCUT2D eigenvalue weighted by Gasteiger charge is -2.38. The van der Waals surface area contributed by atoms with Gasteiger partial charge in [-0.25, -0.2) is 4.98 Å². The third kappa shape index (κ3) is 2.68. The summed E-state index contributed by atoms with van der Waals surface area (Å²) in [6, 6.07) is 0. The van der Waals surface area contributed by atoms with Gasteiger partial charge in [0.2, 0.25) is 5.91 Å². The van der Waals surface area contributed by atoms with Crippen LogP contribution in [0.5, 0.6) is 0 Å². The molecule has 1 aliphatic heterocycles. The van der Waals surface area contributed by atoms with E-state index in [0.717, 1.165) is 0 Å². The molecule has 2 rings (SSSR count). The van der Waals surface area contributed by atoms with Crippen molar-refractivity contribution in [2.45, 2.75) is 19.4 Å². The Morgan fingerprint density at radius 3 is 3.00 bits per heavy atom. The maximum Gasteiger partial charge on any atom is 0.259 e. The maximum atomic E-state index is 12.1. The van der Waals surface area contributed by atoms with Crippen LogP contribution < -0.4 is 5.32 Å². The van der Waals surface area contributed by atoms with Gasteiger partial charge in [-0.05, 0) is 6.92 Å². The van der Waals surface area contributed by atoms with Crippen LogP contribution in [0.3, 0.4) is 0 Å². The first kappa shape index (κ1) is 13.0. The van der Waals surface area contributed by atoms with Crippen molar-refractivity contribution in [3.8, 4) is 0 Å². The summed E-state index contributed by atoms with van der Waals surface area (Å²) in [6.45, 7) is 4.33. The number of anilines is 1. The summed E-state index contributed by atoms with van der Waals surface area (Å²) in [4.78, 5) is 29.1. The maximum absolute atomic E-state index is 12.1. The molecule has 0 bridgehead atoms. The van der Waals surface area contributed by atoms with Crippen molar-refractivity contribution in [1.29, 1.82) is 0 Å². The summed E-state index contributed by atoms with van der Waals surface area (Å²) in [5.74, 6) is -0.324. The topological polar surface area (TPSA) is 71.5 Å². The van der Waals surface area contributed by atoms with Gasteiger partial charge in [0.25, 0.3) is 5.91 Å². The summed E-state index contributed by atoms with van der Waals surface area (Å²) >= 11 is 1.34. The summed E-state index contributed by atoms with van der Waals surface area (Å²) in [7, 11) is 0. The van der Waals surface area contributed by atoms with Crippen LogP contribution in [0.2, 0.25) is 0 Å². The van der Waals surface area contributed by atoms with Crippen LogP contribution in [0.15, 0.2) is 11.6 Å². The fourth-order valence-electron chi connectivity index (χ4n) is 1.79. The number of amides is 2. The van der Waals surface area contributed by atoms with E-state index in [0.29, 0.717) is 18.3 Å². The van der Waals surface area contributed by atoms with Gasteiger partial charge in [0.1, 0.15) is 0 Å². The molecule has 2 amide bonds. The Balaban J connectivity index is 2.05. The SMILES string of the molecule is CC(=O)N1CCO[C@](C)(C(=O)Nc2nccs2)C1. The lowest BCUT2D eigenvalue weighted by molar-refractivity contribution is -0.158. The molecule has 0 aliphatic carbocycles. The van der Waals surface area contributed by atoms with Gasteiger partial charge < -0.3 is 9.64 Å². The molecule has 1 aromatic rings. The van der Waals surface area contributed by atoms with Gasteiger partial charge in [-0.15, -0.1) is 11.3 Å². The molecule has 1 N–H and O–H groups in total. The number of hydrogen-bond donors (Lipinski definition) is 1. The van der Waals surface area contributed by atoms with E-state index >= 15 is 0 Å². The Morgan fingerprint density at radius 2 is 2.39 bits per heavy atom. The van der Waals surface area contributed by atoms with Crippen LogP contribution in [0.25, 0.3) is 0 Å². The van der Waals surface area contributed by atoms with Crippen LogP contribution in [-0.2, 0) is 14.3 Å². The molecule has 2 heterocycles. The summed E-state index contributed by atoms with van der Waals surface area (Å²) in [5, 5.41) is 5.01. The van der Waals surface area contributed by atoms with E-state index in [9.17, 15) is 9.59 Å². The molecule has 6 nitrogen and oxygen atoms in total. The first-order valence-electron chi connectivity index (χ1n) is 5.62. The number of hydrogen-bond acceptors (Lipinski definition) is 5. The molecular weight excluding hydrogens is 254 g/mol. The lowest BCUT2D eigenvalue weighted by atomic mass is 10.0. The quantitative estimate of drug-likeness (QED) is 0.858. The number of carbonyl (C=O) groups is 2. The third-order valence-corrected chi connectivity index (χ3v) is 3.54. The second-order valence-electron chi connectivity index (χ2n) is 4.31. The molecule has 0 radical (unpaired) electrons. The Labute approximate surface area is 109 Å². The zero-order chi connectivity index (χ0) is 13.2. The molecule has 7 heteroatoms. The first-order valence-corrected chi connectivity index (χ1v) is 6.50. The number of rotatable bonds is 2. The normalized spacial score (nSPS) is 23.8. The van der Waals surface area contributed by atoms with Crippen molar-refractivity contribution in [1.82, 2.24) is 9.88 Å². The number of carbonyl (C=O) groups excluding carboxylic acids is 2. The fourth-order valence-corrected chi connectivity index (χ4v) is 2.31. The number of nitrogens with zero attached hydrogens (tertiary/aromatic N) is 2. The molecule has 98 valence electrons. The van der Waals surface area contributed by atoms with Gasteiger partial charge in [0, 0.05) is 25.0 Å². The van der Waals surface area contributed by atoms with Crippen molar-refractivity contribution in [3.63, 3.8) is 0 Å². The second kappa shape index (κ2) is 5.03. The van der Waals surface area contributed by atoms with Crippen molar-refractivity contribution < 1.29 is 14.3 Å². The van der Waals surface area contributed by atoms with Crippen molar-refractivity contribution in [2.24, 2.45) is 0 Å². The van der Waals surface area contributed by atoms with E-state index < -0.39 is 5.60 Å². The minimum absolute atomic E-state index is 0.0495. The smallest absolute Gasteiger partial charge is 0.259 e. The van der Waals surface area contributed by atoms with Gasteiger partial charge in [0.05, 0.1) is 13.2 Å². The molecule has 1 atom stereocenters. The van der Waals surface area contributed by atoms with E-state index in [1.807, 2.05) is 0 Å². The average Bonchev–Trinajstić information content (AvgIpc) is 2.82. The molecule has 1 saturated heterocycles. The van der Waals surface area contributed by atoms with Crippen LogP contribution in [0.4, 0.5) is 5.13 Å². The summed E-state index contributed by atoms with van der Waals surface area (Å²) in [6.07, 6.45) is 1.62. The Hall–Kier alpha value is -1.47. The predicted octanol–water partition coefficient (Wildman–Crippen LogP) is 0.719. The first-order chi connectivity index (χ1) is 8.51. The molecule has 0 unspecified atom stereocenters. The molecule has 0 saturated carbocycles. The highest BCUT2D eigenvalue weighted by atomic mass is 32.1. The van der Waals surface area contributed by atoms with E-state index in [-0.39, 0.29) is 18.4 Å².